The van der Waals surface area contributed by atoms with Crippen molar-refractivity contribution in [3.8, 4) is 17.7 Å². The Labute approximate surface area is 105 Å². The highest BCUT2D eigenvalue weighted by molar-refractivity contribution is 6.31. The number of methoxy groups -OCH3 is 1. The number of nitrogens with zero attached hydrogens (tertiary/aromatic N) is 1. The molecule has 0 atom stereocenters. The molecule has 17 heavy (non-hydrogen) atoms. The van der Waals surface area contributed by atoms with Crippen LogP contribution in [-0.4, -0.2) is 24.5 Å². The molecule has 90 valence electrons. The molecule has 1 N–H and O–H groups in total. The predicted octanol–water partition coefficient (Wildman–Crippen LogP) is 1.62. The average Bonchev–Trinajstić information content (AvgIpc) is 2.28. The number of carbonyl (C=O) groups is 1. The number of ether oxygens (including phenoxy) is 1. The number of amides is 1. The molecule has 0 spiro atoms. The first-order valence-electron chi connectivity index (χ1n) is 5.06. The van der Waals surface area contributed by atoms with Crippen molar-refractivity contribution >= 4 is 17.5 Å². The first-order valence-corrected chi connectivity index (χ1v) is 5.44. The topological polar surface area (TPSA) is 51.2 Å². The van der Waals surface area contributed by atoms with Gasteiger partial charge in [0.15, 0.2) is 0 Å². The van der Waals surface area contributed by atoms with Gasteiger partial charge in [0.05, 0.1) is 7.11 Å². The maximum atomic E-state index is 10.6. The third-order valence-corrected chi connectivity index (χ3v) is 2.13. The fourth-order valence-electron chi connectivity index (χ4n) is 1.11. The second-order valence-electron chi connectivity index (χ2n) is 3.25. The Morgan fingerprint density at radius 3 is 3.00 bits per heavy atom. The number of carbonyl (C=O) groups excluding carboxylic acids is 1. The number of halogens is 1. The summed E-state index contributed by atoms with van der Waals surface area (Å²) in [6.45, 7) is 2.01. The Morgan fingerprint density at radius 2 is 2.41 bits per heavy atom. The summed E-state index contributed by atoms with van der Waals surface area (Å²) >= 11 is 5.90. The maximum Gasteiger partial charge on any atom is 0.232 e. The van der Waals surface area contributed by atoms with Crippen molar-refractivity contribution < 1.29 is 9.53 Å². The van der Waals surface area contributed by atoms with Gasteiger partial charge < -0.3 is 10.1 Å². The number of hydrogen-bond donors (Lipinski definition) is 1. The smallest absolute Gasteiger partial charge is 0.232 e. The summed E-state index contributed by atoms with van der Waals surface area (Å²) in [5.74, 6) is 6.15. The van der Waals surface area contributed by atoms with E-state index in [1.165, 1.54) is 14.0 Å². The quantitative estimate of drug-likeness (QED) is 0.657. The van der Waals surface area contributed by atoms with Crippen molar-refractivity contribution in [2.24, 2.45) is 0 Å². The van der Waals surface area contributed by atoms with Crippen LogP contribution in [0.5, 0.6) is 5.88 Å². The number of aromatic nitrogens is 1. The molecule has 4 nitrogen and oxygen atoms in total. The summed E-state index contributed by atoms with van der Waals surface area (Å²) in [6, 6.07) is 1.69. The molecule has 0 radical (unpaired) electrons. The molecule has 0 unspecified atom stereocenters. The molecule has 0 aliphatic carbocycles. The van der Waals surface area contributed by atoms with Gasteiger partial charge >= 0.3 is 0 Å². The minimum Gasteiger partial charge on any atom is -0.480 e. The molecule has 1 aromatic rings. The summed E-state index contributed by atoms with van der Waals surface area (Å²) in [7, 11) is 1.51. The van der Waals surface area contributed by atoms with E-state index in [1.807, 2.05) is 0 Å². The second kappa shape index (κ2) is 6.77. The highest BCUT2D eigenvalue weighted by Gasteiger charge is 2.01. The summed E-state index contributed by atoms with van der Waals surface area (Å²) in [4.78, 5) is 14.6. The summed E-state index contributed by atoms with van der Waals surface area (Å²) in [5, 5.41) is 3.09. The monoisotopic (exact) mass is 252 g/mol. The fraction of sp³-hybridized carbons (Fsp3) is 0.333. The molecule has 0 aliphatic heterocycles. The molecule has 0 fully saturated rings. The molecular weight excluding hydrogens is 240 g/mol. The summed E-state index contributed by atoms with van der Waals surface area (Å²) in [6.07, 6.45) is 2.18. The van der Waals surface area contributed by atoms with Crippen LogP contribution in [0.3, 0.4) is 0 Å². The van der Waals surface area contributed by atoms with Crippen molar-refractivity contribution in [2.75, 3.05) is 13.7 Å². The number of pyridine rings is 1. The lowest BCUT2D eigenvalue weighted by Crippen LogP contribution is -2.20. The molecule has 1 heterocycles. The van der Waals surface area contributed by atoms with Gasteiger partial charge in [0.25, 0.3) is 0 Å². The molecular formula is C12H13ClN2O2. The zero-order valence-corrected chi connectivity index (χ0v) is 10.5. The van der Waals surface area contributed by atoms with Crippen LogP contribution in [0.25, 0.3) is 0 Å². The van der Waals surface area contributed by atoms with Crippen LogP contribution >= 0.6 is 11.6 Å². The Bertz CT molecular complexity index is 463. The molecule has 1 amide bonds. The van der Waals surface area contributed by atoms with Crippen LogP contribution < -0.4 is 10.1 Å². The van der Waals surface area contributed by atoms with Crippen molar-refractivity contribution in [3.05, 3.63) is 22.8 Å². The van der Waals surface area contributed by atoms with E-state index >= 15 is 0 Å². The van der Waals surface area contributed by atoms with Gasteiger partial charge in [-0.2, -0.15) is 0 Å². The van der Waals surface area contributed by atoms with Gasteiger partial charge in [-0.25, -0.2) is 4.98 Å². The number of nitrogens with one attached hydrogen (secondary N) is 1. The minimum absolute atomic E-state index is 0.0547. The molecule has 0 saturated carbocycles. The lowest BCUT2D eigenvalue weighted by molar-refractivity contribution is -0.118. The molecule has 0 saturated heterocycles. The van der Waals surface area contributed by atoms with Crippen LogP contribution in [-0.2, 0) is 4.79 Å². The van der Waals surface area contributed by atoms with Crippen molar-refractivity contribution in [1.82, 2.24) is 10.3 Å². The first-order chi connectivity index (χ1) is 8.13. The Hall–Kier alpha value is -1.73. The van der Waals surface area contributed by atoms with Crippen molar-refractivity contribution in [2.45, 2.75) is 13.3 Å². The third kappa shape index (κ3) is 4.75. The third-order valence-electron chi connectivity index (χ3n) is 1.86. The van der Waals surface area contributed by atoms with Gasteiger partial charge in [0, 0.05) is 31.6 Å². The van der Waals surface area contributed by atoms with Crippen LogP contribution in [0.4, 0.5) is 0 Å². The van der Waals surface area contributed by atoms with E-state index in [2.05, 4.69) is 22.1 Å². The normalized spacial score (nSPS) is 9.12. The van der Waals surface area contributed by atoms with Crippen molar-refractivity contribution in [1.29, 1.82) is 0 Å². The maximum absolute atomic E-state index is 10.6. The van der Waals surface area contributed by atoms with Gasteiger partial charge in [-0.15, -0.1) is 0 Å². The molecule has 1 aromatic heterocycles. The van der Waals surface area contributed by atoms with E-state index < -0.39 is 0 Å². The summed E-state index contributed by atoms with van der Waals surface area (Å²) < 4.78 is 4.93. The highest BCUT2D eigenvalue weighted by Crippen LogP contribution is 2.21. The van der Waals surface area contributed by atoms with Gasteiger partial charge in [-0.05, 0) is 6.07 Å². The molecule has 1 rings (SSSR count). The van der Waals surface area contributed by atoms with Gasteiger partial charge in [0.1, 0.15) is 5.02 Å². The summed E-state index contributed by atoms with van der Waals surface area (Å²) in [5.41, 5.74) is 0.721. The standard InChI is InChI=1S/C12H13ClN2O2/c1-9(16)14-6-4-3-5-10-7-11(13)12(17-2)15-8-10/h7-8H,4,6H2,1-2H3,(H,14,16). The fourth-order valence-corrected chi connectivity index (χ4v) is 1.35. The van der Waals surface area contributed by atoms with E-state index in [0.29, 0.717) is 23.9 Å². The van der Waals surface area contributed by atoms with Crippen LogP contribution in [0, 0.1) is 11.8 Å². The van der Waals surface area contributed by atoms with Gasteiger partial charge in [-0.3, -0.25) is 4.79 Å². The van der Waals surface area contributed by atoms with E-state index in [9.17, 15) is 4.79 Å². The zero-order chi connectivity index (χ0) is 12.7. The Balaban J connectivity index is 2.54. The second-order valence-corrected chi connectivity index (χ2v) is 3.66. The highest BCUT2D eigenvalue weighted by atomic mass is 35.5. The SMILES string of the molecule is COc1ncc(C#CCCNC(C)=O)cc1Cl. The number of rotatable bonds is 3. The Kier molecular flexibility index (Phi) is 5.31. The molecule has 0 aromatic carbocycles. The van der Waals surface area contributed by atoms with E-state index in [0.717, 1.165) is 5.56 Å². The molecule has 0 aliphatic rings. The lowest BCUT2D eigenvalue weighted by atomic mass is 10.2. The first kappa shape index (κ1) is 13.3. The predicted molar refractivity (Wildman–Crippen MR) is 66.0 cm³/mol. The average molecular weight is 253 g/mol. The lowest BCUT2D eigenvalue weighted by Gasteiger charge is -2.00. The van der Waals surface area contributed by atoms with Crippen molar-refractivity contribution in [3.63, 3.8) is 0 Å². The van der Waals surface area contributed by atoms with Crippen LogP contribution in [0.2, 0.25) is 5.02 Å². The van der Waals surface area contributed by atoms with Crippen LogP contribution in [0.1, 0.15) is 18.9 Å². The molecule has 0 bridgehead atoms. The van der Waals surface area contributed by atoms with E-state index in [-0.39, 0.29) is 5.91 Å². The van der Waals surface area contributed by atoms with Gasteiger partial charge in [-0.1, -0.05) is 23.4 Å². The molecule has 5 heteroatoms. The van der Waals surface area contributed by atoms with Gasteiger partial charge in [0.2, 0.25) is 11.8 Å². The number of hydrogen-bond acceptors (Lipinski definition) is 3. The van der Waals surface area contributed by atoms with E-state index in [4.69, 9.17) is 16.3 Å². The Morgan fingerprint density at radius 1 is 1.65 bits per heavy atom. The largest absolute Gasteiger partial charge is 0.480 e. The van der Waals surface area contributed by atoms with Crippen LogP contribution in [0.15, 0.2) is 12.3 Å². The van der Waals surface area contributed by atoms with E-state index in [1.54, 1.807) is 12.3 Å². The minimum atomic E-state index is -0.0547. The zero-order valence-electron chi connectivity index (χ0n) is 9.71.